The van der Waals surface area contributed by atoms with Gasteiger partial charge in [-0.3, -0.25) is 0 Å². The maximum Gasteiger partial charge on any atom is 0.108 e. The van der Waals surface area contributed by atoms with E-state index < -0.39 is 0 Å². The van der Waals surface area contributed by atoms with Gasteiger partial charge >= 0.3 is 0 Å². The van der Waals surface area contributed by atoms with Gasteiger partial charge in [0.05, 0.1) is 6.61 Å². The fraction of sp³-hybridized carbons (Fsp3) is 1.00. The van der Waals surface area contributed by atoms with Crippen LogP contribution >= 0.6 is 0 Å². The molecule has 8 heavy (non-hydrogen) atoms. The summed E-state index contributed by atoms with van der Waals surface area (Å²) in [5.74, 6) is 0.657. The minimum atomic E-state index is 0.220. The van der Waals surface area contributed by atoms with Gasteiger partial charge in [-0.05, 0) is 5.92 Å². The van der Waals surface area contributed by atoms with E-state index in [1.165, 1.54) is 0 Å². The number of aliphatic hydroxyl groups excluding tert-OH is 1. The molecular formula is C6H16NO+. The molecule has 0 aromatic rings. The molecule has 50 valence electrons. The third-order valence-electron chi connectivity index (χ3n) is 1.06. The lowest BCUT2D eigenvalue weighted by molar-refractivity contribution is -0.428. The van der Waals surface area contributed by atoms with Crippen LogP contribution in [0.15, 0.2) is 0 Å². The second-order valence-electron chi connectivity index (χ2n) is 2.68. The average molecular weight is 118 g/mol. The van der Waals surface area contributed by atoms with Crippen LogP contribution in [0.4, 0.5) is 0 Å². The van der Waals surface area contributed by atoms with E-state index in [4.69, 9.17) is 5.11 Å². The van der Waals surface area contributed by atoms with Crippen LogP contribution in [0.5, 0.6) is 0 Å². The largest absolute Gasteiger partial charge is 0.390 e. The minimum absolute atomic E-state index is 0.220. The highest BCUT2D eigenvalue weighted by Gasteiger charge is 2.05. The molecule has 1 unspecified atom stereocenters. The van der Waals surface area contributed by atoms with E-state index in [9.17, 15) is 0 Å². The summed E-state index contributed by atoms with van der Waals surface area (Å²) in [5, 5.41) is 8.52. The highest BCUT2D eigenvalue weighted by molar-refractivity contribution is 4.53. The van der Waals surface area contributed by atoms with Crippen molar-refractivity contribution >= 4 is 0 Å². The molecule has 2 heteroatoms. The molecule has 0 spiro atoms. The van der Waals surface area contributed by atoms with Crippen LogP contribution in [0.25, 0.3) is 0 Å². The van der Waals surface area contributed by atoms with Crippen LogP contribution in [0.1, 0.15) is 20.3 Å². The fourth-order valence-corrected chi connectivity index (χ4v) is 0.741. The van der Waals surface area contributed by atoms with E-state index in [0.29, 0.717) is 5.92 Å². The molecule has 0 amide bonds. The second-order valence-corrected chi connectivity index (χ2v) is 2.68. The van der Waals surface area contributed by atoms with Crippen LogP contribution in [-0.2, 0) is 0 Å². The quantitative estimate of drug-likeness (QED) is 0.522. The predicted molar refractivity (Wildman–Crippen MR) is 33.2 cm³/mol. The molecule has 0 aliphatic carbocycles. The molecule has 2 nitrogen and oxygen atoms in total. The summed E-state index contributed by atoms with van der Waals surface area (Å²) >= 11 is 0. The Morgan fingerprint density at radius 1 is 1.50 bits per heavy atom. The van der Waals surface area contributed by atoms with Crippen LogP contribution in [0, 0.1) is 5.92 Å². The van der Waals surface area contributed by atoms with Crippen molar-refractivity contribution in [3.8, 4) is 0 Å². The van der Waals surface area contributed by atoms with E-state index in [0.717, 1.165) is 6.42 Å². The molecule has 0 fully saturated rings. The first kappa shape index (κ1) is 7.92. The molecule has 1 atom stereocenters. The molecule has 0 saturated carbocycles. The molecule has 0 aliphatic rings. The lowest BCUT2D eigenvalue weighted by Crippen LogP contribution is -2.63. The first-order valence-electron chi connectivity index (χ1n) is 3.10. The maximum atomic E-state index is 8.52. The molecule has 0 saturated heterocycles. The van der Waals surface area contributed by atoms with E-state index in [1.54, 1.807) is 0 Å². The van der Waals surface area contributed by atoms with E-state index >= 15 is 0 Å². The van der Waals surface area contributed by atoms with Gasteiger partial charge in [-0.2, -0.15) is 0 Å². The van der Waals surface area contributed by atoms with Crippen LogP contribution in [-0.4, -0.2) is 17.8 Å². The summed E-state index contributed by atoms with van der Waals surface area (Å²) < 4.78 is 0. The molecule has 4 N–H and O–H groups in total. The van der Waals surface area contributed by atoms with E-state index in [2.05, 4.69) is 19.6 Å². The van der Waals surface area contributed by atoms with Gasteiger partial charge in [0.25, 0.3) is 0 Å². The van der Waals surface area contributed by atoms with Gasteiger partial charge in [0.2, 0.25) is 0 Å². The molecule has 0 aromatic carbocycles. The van der Waals surface area contributed by atoms with Crippen molar-refractivity contribution in [3.05, 3.63) is 0 Å². The van der Waals surface area contributed by atoms with Gasteiger partial charge in [0.1, 0.15) is 6.04 Å². The summed E-state index contributed by atoms with van der Waals surface area (Å²) in [5.41, 5.74) is 3.75. The normalized spacial score (nSPS) is 14.6. The van der Waals surface area contributed by atoms with Gasteiger partial charge in [0.15, 0.2) is 0 Å². The van der Waals surface area contributed by atoms with Gasteiger partial charge < -0.3 is 10.8 Å². The molecule has 0 aliphatic heterocycles. The summed E-state index contributed by atoms with van der Waals surface area (Å²) in [6.45, 7) is 4.49. The van der Waals surface area contributed by atoms with Gasteiger partial charge in [0, 0.05) is 6.42 Å². The Morgan fingerprint density at radius 3 is 2.12 bits per heavy atom. The summed E-state index contributed by atoms with van der Waals surface area (Å²) in [7, 11) is 0. The Morgan fingerprint density at radius 2 is 2.00 bits per heavy atom. The zero-order chi connectivity index (χ0) is 6.57. The monoisotopic (exact) mass is 118 g/mol. The molecule has 0 heterocycles. The molecule has 0 radical (unpaired) electrons. The third kappa shape index (κ3) is 4.09. The van der Waals surface area contributed by atoms with Gasteiger partial charge in [-0.25, -0.2) is 0 Å². The number of quaternary nitrogens is 1. The van der Waals surface area contributed by atoms with Crippen molar-refractivity contribution in [2.24, 2.45) is 5.92 Å². The number of aliphatic hydroxyl groups is 1. The lowest BCUT2D eigenvalue weighted by Gasteiger charge is -2.06. The standard InChI is InChI=1S/C6H15NO/c1-5(2)3-6(7)4-8/h5-6,8H,3-4,7H2,1-2H3/p+1. The summed E-state index contributed by atoms with van der Waals surface area (Å²) in [4.78, 5) is 0. The van der Waals surface area contributed by atoms with Crippen molar-refractivity contribution < 1.29 is 10.8 Å². The van der Waals surface area contributed by atoms with Crippen LogP contribution in [0.3, 0.4) is 0 Å². The zero-order valence-electron chi connectivity index (χ0n) is 5.72. The summed E-state index contributed by atoms with van der Waals surface area (Å²) in [6, 6.07) is 0.231. The SMILES string of the molecule is CC(C)CC([NH3+])CO. The lowest BCUT2D eigenvalue weighted by atomic mass is 10.1. The van der Waals surface area contributed by atoms with Gasteiger partial charge in [-0.1, -0.05) is 13.8 Å². The topological polar surface area (TPSA) is 47.9 Å². The highest BCUT2D eigenvalue weighted by atomic mass is 16.3. The second kappa shape index (κ2) is 3.87. The Labute approximate surface area is 50.7 Å². The van der Waals surface area contributed by atoms with Crippen LogP contribution in [0.2, 0.25) is 0 Å². The first-order valence-corrected chi connectivity index (χ1v) is 3.10. The minimum Gasteiger partial charge on any atom is -0.390 e. The van der Waals surface area contributed by atoms with Crippen molar-refractivity contribution in [2.75, 3.05) is 6.61 Å². The van der Waals surface area contributed by atoms with Crippen molar-refractivity contribution in [1.82, 2.24) is 0 Å². The molecule has 0 bridgehead atoms. The highest BCUT2D eigenvalue weighted by Crippen LogP contribution is 1.99. The maximum absolute atomic E-state index is 8.52. The number of rotatable bonds is 3. The average Bonchev–Trinajstić information content (AvgIpc) is 1.65. The first-order chi connectivity index (χ1) is 3.66. The van der Waals surface area contributed by atoms with E-state index in [1.807, 2.05) is 0 Å². The molecular weight excluding hydrogens is 102 g/mol. The smallest absolute Gasteiger partial charge is 0.108 e. The Balaban J connectivity index is 3.10. The number of hydrogen-bond acceptors (Lipinski definition) is 1. The summed E-state index contributed by atoms with van der Waals surface area (Å²) in [6.07, 6.45) is 1.02. The molecule has 0 aromatic heterocycles. The number of hydrogen-bond donors (Lipinski definition) is 2. The third-order valence-corrected chi connectivity index (χ3v) is 1.06. The van der Waals surface area contributed by atoms with Crippen molar-refractivity contribution in [1.29, 1.82) is 0 Å². The zero-order valence-corrected chi connectivity index (χ0v) is 5.72. The Bertz CT molecular complexity index is 54.5. The van der Waals surface area contributed by atoms with Crippen molar-refractivity contribution in [2.45, 2.75) is 26.3 Å². The van der Waals surface area contributed by atoms with Crippen molar-refractivity contribution in [3.63, 3.8) is 0 Å². The predicted octanol–water partition coefficient (Wildman–Crippen LogP) is -0.365. The molecule has 0 rings (SSSR count). The van der Waals surface area contributed by atoms with Gasteiger partial charge in [-0.15, -0.1) is 0 Å². The van der Waals surface area contributed by atoms with Crippen LogP contribution < -0.4 is 5.73 Å². The Hall–Kier alpha value is -0.0800. The Kier molecular flexibility index (Phi) is 3.83. The fourth-order valence-electron chi connectivity index (χ4n) is 0.741. The van der Waals surface area contributed by atoms with E-state index in [-0.39, 0.29) is 12.6 Å².